The number of hydrogen-bond acceptors (Lipinski definition) is 1. The van der Waals surface area contributed by atoms with Gasteiger partial charge in [0.05, 0.1) is 0 Å². The zero-order chi connectivity index (χ0) is 9.97. The third-order valence-corrected chi connectivity index (χ3v) is 2.98. The molecule has 1 aliphatic heterocycles. The van der Waals surface area contributed by atoms with Crippen molar-refractivity contribution >= 4 is 0 Å². The Labute approximate surface area is 84.3 Å². The minimum absolute atomic E-state index is 0.115. The van der Waals surface area contributed by atoms with Gasteiger partial charge in [-0.3, -0.25) is 0 Å². The van der Waals surface area contributed by atoms with Crippen LogP contribution in [0.1, 0.15) is 29.9 Å². The molecule has 2 heteroatoms. The number of nitrogens with one attached hydrogen (secondary N) is 1. The van der Waals surface area contributed by atoms with Crippen LogP contribution in [0.15, 0.2) is 18.2 Å². The van der Waals surface area contributed by atoms with Crippen molar-refractivity contribution in [2.75, 3.05) is 13.1 Å². The van der Waals surface area contributed by atoms with Gasteiger partial charge in [0.25, 0.3) is 0 Å². The number of halogens is 1. The molecule has 0 saturated carbocycles. The Hall–Kier alpha value is -0.890. The molecule has 0 bridgehead atoms. The van der Waals surface area contributed by atoms with E-state index < -0.39 is 0 Å². The van der Waals surface area contributed by atoms with Crippen LogP contribution in [-0.4, -0.2) is 13.1 Å². The molecule has 0 aliphatic carbocycles. The maximum Gasteiger partial charge on any atom is 0.123 e. The van der Waals surface area contributed by atoms with Crippen molar-refractivity contribution in [2.24, 2.45) is 0 Å². The quantitative estimate of drug-likeness (QED) is 0.723. The lowest BCUT2D eigenvalue weighted by Crippen LogP contribution is -2.28. The number of rotatable bonds is 1. The van der Waals surface area contributed by atoms with Crippen LogP contribution in [0.3, 0.4) is 0 Å². The highest BCUT2D eigenvalue weighted by atomic mass is 19.1. The molecule has 0 aromatic heterocycles. The summed E-state index contributed by atoms with van der Waals surface area (Å²) in [7, 11) is 0. The summed E-state index contributed by atoms with van der Waals surface area (Å²) in [5, 5.41) is 3.36. The van der Waals surface area contributed by atoms with Crippen LogP contribution in [0, 0.1) is 12.7 Å². The van der Waals surface area contributed by atoms with E-state index in [-0.39, 0.29) is 5.82 Å². The van der Waals surface area contributed by atoms with E-state index in [0.29, 0.717) is 5.92 Å². The first kappa shape index (κ1) is 9.66. The Balaban J connectivity index is 2.24. The van der Waals surface area contributed by atoms with E-state index in [9.17, 15) is 4.39 Å². The molecule has 1 aliphatic rings. The third kappa shape index (κ3) is 1.95. The van der Waals surface area contributed by atoms with Crippen molar-refractivity contribution < 1.29 is 4.39 Å². The lowest BCUT2D eigenvalue weighted by Gasteiger charge is -2.24. The first-order chi connectivity index (χ1) is 6.77. The van der Waals surface area contributed by atoms with Gasteiger partial charge < -0.3 is 5.32 Å². The lowest BCUT2D eigenvalue weighted by atomic mass is 9.89. The Morgan fingerprint density at radius 2 is 2.29 bits per heavy atom. The summed E-state index contributed by atoms with van der Waals surface area (Å²) in [5.74, 6) is 0.385. The molecular weight excluding hydrogens is 177 g/mol. The molecule has 1 N–H and O–H groups in total. The minimum Gasteiger partial charge on any atom is -0.316 e. The van der Waals surface area contributed by atoms with E-state index in [0.717, 1.165) is 13.1 Å². The number of benzene rings is 1. The standard InChI is InChI=1S/C12H16FN/c1-9-4-5-11(13)7-12(9)10-3-2-6-14-8-10/h4-5,7,10,14H,2-3,6,8H2,1H3. The Bertz CT molecular complexity index is 316. The monoisotopic (exact) mass is 193 g/mol. The first-order valence-corrected chi connectivity index (χ1v) is 5.24. The molecule has 1 heterocycles. The molecule has 0 spiro atoms. The van der Waals surface area contributed by atoms with Gasteiger partial charge in [0.15, 0.2) is 0 Å². The molecule has 2 rings (SSSR count). The predicted octanol–water partition coefficient (Wildman–Crippen LogP) is 2.60. The van der Waals surface area contributed by atoms with Crippen molar-refractivity contribution in [3.63, 3.8) is 0 Å². The van der Waals surface area contributed by atoms with Gasteiger partial charge in [-0.15, -0.1) is 0 Å². The van der Waals surface area contributed by atoms with Crippen LogP contribution >= 0.6 is 0 Å². The molecule has 76 valence electrons. The molecule has 1 nitrogen and oxygen atoms in total. The zero-order valence-corrected chi connectivity index (χ0v) is 8.52. The maximum absolute atomic E-state index is 13.1. The van der Waals surface area contributed by atoms with Crippen LogP contribution in [0.2, 0.25) is 0 Å². The smallest absolute Gasteiger partial charge is 0.123 e. The Morgan fingerprint density at radius 3 is 3.00 bits per heavy atom. The van der Waals surface area contributed by atoms with E-state index in [4.69, 9.17) is 0 Å². The van der Waals surface area contributed by atoms with Gasteiger partial charge in [-0.1, -0.05) is 6.07 Å². The molecule has 0 amide bonds. The lowest BCUT2D eigenvalue weighted by molar-refractivity contribution is 0.458. The van der Waals surface area contributed by atoms with Gasteiger partial charge >= 0.3 is 0 Å². The van der Waals surface area contributed by atoms with Crippen molar-refractivity contribution in [1.82, 2.24) is 5.32 Å². The van der Waals surface area contributed by atoms with E-state index in [1.807, 2.05) is 6.07 Å². The van der Waals surface area contributed by atoms with Gasteiger partial charge in [-0.05, 0) is 55.5 Å². The van der Waals surface area contributed by atoms with E-state index >= 15 is 0 Å². The highest BCUT2D eigenvalue weighted by Gasteiger charge is 2.17. The van der Waals surface area contributed by atoms with Gasteiger partial charge in [0.2, 0.25) is 0 Å². The Kier molecular flexibility index (Phi) is 2.82. The fourth-order valence-corrected chi connectivity index (χ4v) is 2.17. The number of hydrogen-bond donors (Lipinski definition) is 1. The average Bonchev–Trinajstić information content (AvgIpc) is 2.23. The topological polar surface area (TPSA) is 12.0 Å². The van der Waals surface area contributed by atoms with Crippen molar-refractivity contribution in [2.45, 2.75) is 25.7 Å². The molecule has 1 unspecified atom stereocenters. The summed E-state index contributed by atoms with van der Waals surface area (Å²) >= 11 is 0. The molecule has 0 radical (unpaired) electrons. The van der Waals surface area contributed by atoms with E-state index in [1.54, 1.807) is 6.07 Å². The van der Waals surface area contributed by atoms with Crippen molar-refractivity contribution in [3.05, 3.63) is 35.1 Å². The summed E-state index contributed by atoms with van der Waals surface area (Å²) in [5.41, 5.74) is 2.39. The first-order valence-electron chi connectivity index (χ1n) is 5.24. The molecular formula is C12H16FN. The fourth-order valence-electron chi connectivity index (χ4n) is 2.17. The fraction of sp³-hybridized carbons (Fsp3) is 0.500. The molecule has 14 heavy (non-hydrogen) atoms. The largest absolute Gasteiger partial charge is 0.316 e. The SMILES string of the molecule is Cc1ccc(F)cc1C1CCCNC1. The predicted molar refractivity (Wildman–Crippen MR) is 56.0 cm³/mol. The highest BCUT2D eigenvalue weighted by molar-refractivity contribution is 5.30. The molecule has 1 aromatic carbocycles. The van der Waals surface area contributed by atoms with E-state index in [1.165, 1.54) is 30.0 Å². The number of aryl methyl sites for hydroxylation is 1. The average molecular weight is 193 g/mol. The molecule has 1 atom stereocenters. The van der Waals surface area contributed by atoms with Crippen molar-refractivity contribution in [1.29, 1.82) is 0 Å². The number of piperidine rings is 1. The van der Waals surface area contributed by atoms with Gasteiger partial charge in [-0.2, -0.15) is 0 Å². The van der Waals surface area contributed by atoms with Crippen molar-refractivity contribution in [3.8, 4) is 0 Å². The summed E-state index contributed by atoms with van der Waals surface area (Å²) < 4.78 is 13.1. The van der Waals surface area contributed by atoms with Crippen LogP contribution in [0.4, 0.5) is 4.39 Å². The molecule has 1 aromatic rings. The second-order valence-corrected chi connectivity index (χ2v) is 4.04. The Morgan fingerprint density at radius 1 is 1.43 bits per heavy atom. The molecule has 1 saturated heterocycles. The third-order valence-electron chi connectivity index (χ3n) is 2.98. The normalized spacial score (nSPS) is 22.3. The van der Waals surface area contributed by atoms with Gasteiger partial charge in [-0.25, -0.2) is 4.39 Å². The van der Waals surface area contributed by atoms with E-state index in [2.05, 4.69) is 12.2 Å². The summed E-state index contributed by atoms with van der Waals surface area (Å²) in [6, 6.07) is 5.10. The molecule has 1 fully saturated rings. The summed E-state index contributed by atoms with van der Waals surface area (Å²) in [6.45, 7) is 4.15. The van der Waals surface area contributed by atoms with Crippen LogP contribution in [0.5, 0.6) is 0 Å². The zero-order valence-electron chi connectivity index (χ0n) is 8.52. The van der Waals surface area contributed by atoms with Gasteiger partial charge in [0.1, 0.15) is 5.82 Å². The van der Waals surface area contributed by atoms with Crippen LogP contribution in [-0.2, 0) is 0 Å². The van der Waals surface area contributed by atoms with Gasteiger partial charge in [0, 0.05) is 6.54 Å². The van der Waals surface area contributed by atoms with Crippen LogP contribution in [0.25, 0.3) is 0 Å². The second kappa shape index (κ2) is 4.09. The second-order valence-electron chi connectivity index (χ2n) is 4.04. The summed E-state index contributed by atoms with van der Waals surface area (Å²) in [4.78, 5) is 0. The minimum atomic E-state index is -0.115. The highest BCUT2D eigenvalue weighted by Crippen LogP contribution is 2.26. The van der Waals surface area contributed by atoms with Crippen LogP contribution < -0.4 is 5.32 Å². The maximum atomic E-state index is 13.1. The summed E-state index contributed by atoms with van der Waals surface area (Å²) in [6.07, 6.45) is 2.37.